The topological polar surface area (TPSA) is 81.4 Å². The van der Waals surface area contributed by atoms with Crippen molar-refractivity contribution in [2.75, 3.05) is 18.9 Å². The third-order valence-electron chi connectivity index (χ3n) is 3.63. The van der Waals surface area contributed by atoms with Crippen molar-refractivity contribution in [1.82, 2.24) is 4.72 Å². The highest BCUT2D eigenvalue weighted by Crippen LogP contribution is 2.22. The van der Waals surface area contributed by atoms with Crippen molar-refractivity contribution < 1.29 is 17.5 Å². The van der Waals surface area contributed by atoms with Crippen LogP contribution in [0, 0.1) is 12.7 Å². The standard InChI is InChI=1S/C14H21FN2O3S/c1-10-8-12(15)13(16)9-14(10)21(18,19)17-6-7-20-11-4-2-3-5-11/h8-9,11,17H,2-7,16H2,1H3. The Bertz CT molecular complexity index is 598. The number of ether oxygens (including phenoxy) is 1. The summed E-state index contributed by atoms with van der Waals surface area (Å²) >= 11 is 0. The molecule has 5 nitrogen and oxygen atoms in total. The van der Waals surface area contributed by atoms with E-state index in [0.29, 0.717) is 12.2 Å². The lowest BCUT2D eigenvalue weighted by Gasteiger charge is -2.13. The van der Waals surface area contributed by atoms with Crippen molar-refractivity contribution in [1.29, 1.82) is 0 Å². The molecule has 0 aliphatic heterocycles. The Kier molecular flexibility index (Phi) is 5.18. The lowest BCUT2D eigenvalue weighted by molar-refractivity contribution is 0.0626. The molecule has 21 heavy (non-hydrogen) atoms. The molecule has 2 rings (SSSR count). The molecule has 0 radical (unpaired) electrons. The van der Waals surface area contributed by atoms with Crippen LogP contribution in [0.4, 0.5) is 10.1 Å². The van der Waals surface area contributed by atoms with E-state index < -0.39 is 15.8 Å². The quantitative estimate of drug-likeness (QED) is 0.621. The summed E-state index contributed by atoms with van der Waals surface area (Å²) in [6, 6.07) is 2.27. The highest BCUT2D eigenvalue weighted by Gasteiger charge is 2.19. The van der Waals surface area contributed by atoms with Crippen LogP contribution >= 0.6 is 0 Å². The Balaban J connectivity index is 1.93. The molecule has 1 saturated carbocycles. The largest absolute Gasteiger partial charge is 0.396 e. The van der Waals surface area contributed by atoms with Gasteiger partial charge < -0.3 is 10.5 Å². The highest BCUT2D eigenvalue weighted by atomic mass is 32.2. The summed E-state index contributed by atoms with van der Waals surface area (Å²) < 4.78 is 45.7. The number of anilines is 1. The Morgan fingerprint density at radius 2 is 2.05 bits per heavy atom. The maximum absolute atomic E-state index is 13.3. The molecule has 1 aliphatic carbocycles. The van der Waals surface area contributed by atoms with Crippen molar-refractivity contribution in [2.45, 2.75) is 43.6 Å². The molecule has 0 atom stereocenters. The van der Waals surface area contributed by atoms with Crippen LogP contribution in [0.3, 0.4) is 0 Å². The van der Waals surface area contributed by atoms with Crippen LogP contribution in [0.1, 0.15) is 31.2 Å². The molecule has 0 amide bonds. The summed E-state index contributed by atoms with van der Waals surface area (Å²) in [7, 11) is -3.70. The second-order valence-corrected chi connectivity index (χ2v) is 7.05. The number of rotatable bonds is 6. The molecular weight excluding hydrogens is 295 g/mol. The molecule has 0 heterocycles. The number of aryl methyl sites for hydroxylation is 1. The number of hydrogen-bond acceptors (Lipinski definition) is 4. The van der Waals surface area contributed by atoms with Crippen molar-refractivity contribution in [3.63, 3.8) is 0 Å². The Morgan fingerprint density at radius 3 is 2.71 bits per heavy atom. The van der Waals surface area contributed by atoms with E-state index in [4.69, 9.17) is 10.5 Å². The van der Waals surface area contributed by atoms with E-state index in [2.05, 4.69) is 4.72 Å². The Labute approximate surface area is 124 Å². The van der Waals surface area contributed by atoms with Gasteiger partial charge in [0.25, 0.3) is 0 Å². The molecule has 0 saturated heterocycles. The predicted molar refractivity (Wildman–Crippen MR) is 78.9 cm³/mol. The number of hydrogen-bond donors (Lipinski definition) is 2. The minimum Gasteiger partial charge on any atom is -0.396 e. The van der Waals surface area contributed by atoms with Gasteiger partial charge in [-0.3, -0.25) is 0 Å². The Morgan fingerprint density at radius 1 is 1.38 bits per heavy atom. The fourth-order valence-electron chi connectivity index (χ4n) is 2.49. The summed E-state index contributed by atoms with van der Waals surface area (Å²) in [6.45, 7) is 2.06. The highest BCUT2D eigenvalue weighted by molar-refractivity contribution is 7.89. The van der Waals surface area contributed by atoms with E-state index in [0.717, 1.165) is 25.0 Å². The lowest BCUT2D eigenvalue weighted by Crippen LogP contribution is -2.29. The molecule has 0 spiro atoms. The first-order valence-electron chi connectivity index (χ1n) is 7.07. The first-order valence-corrected chi connectivity index (χ1v) is 8.55. The van der Waals surface area contributed by atoms with Crippen molar-refractivity contribution in [3.8, 4) is 0 Å². The molecule has 3 N–H and O–H groups in total. The molecule has 1 fully saturated rings. The first kappa shape index (κ1) is 16.2. The number of halogens is 1. The number of benzene rings is 1. The van der Waals surface area contributed by atoms with E-state index in [1.165, 1.54) is 19.8 Å². The van der Waals surface area contributed by atoms with Gasteiger partial charge in [-0.25, -0.2) is 17.5 Å². The summed E-state index contributed by atoms with van der Waals surface area (Å²) in [5.74, 6) is -0.615. The van der Waals surface area contributed by atoms with E-state index in [-0.39, 0.29) is 23.2 Å². The predicted octanol–water partition coefficient (Wildman–Crippen LogP) is 1.95. The average molecular weight is 316 g/mol. The van der Waals surface area contributed by atoms with E-state index in [1.54, 1.807) is 0 Å². The SMILES string of the molecule is Cc1cc(F)c(N)cc1S(=O)(=O)NCCOC1CCCC1. The second kappa shape index (κ2) is 6.72. The number of nitrogens with one attached hydrogen (secondary N) is 1. The third kappa shape index (κ3) is 4.15. The van der Waals surface area contributed by atoms with Gasteiger partial charge in [0.15, 0.2) is 0 Å². The monoisotopic (exact) mass is 316 g/mol. The van der Waals surface area contributed by atoms with Crippen molar-refractivity contribution in [3.05, 3.63) is 23.5 Å². The molecule has 0 bridgehead atoms. The smallest absolute Gasteiger partial charge is 0.240 e. The van der Waals surface area contributed by atoms with Crippen LogP contribution in [0.25, 0.3) is 0 Å². The lowest BCUT2D eigenvalue weighted by atomic mass is 10.2. The maximum Gasteiger partial charge on any atom is 0.240 e. The van der Waals surface area contributed by atoms with Crippen LogP contribution in [0.2, 0.25) is 0 Å². The van der Waals surface area contributed by atoms with Crippen LogP contribution in [0.15, 0.2) is 17.0 Å². The molecule has 7 heteroatoms. The molecule has 118 valence electrons. The van der Waals surface area contributed by atoms with Gasteiger partial charge in [0, 0.05) is 6.54 Å². The summed E-state index contributed by atoms with van der Waals surface area (Å²) in [4.78, 5) is 0.00210. The zero-order chi connectivity index (χ0) is 15.5. The summed E-state index contributed by atoms with van der Waals surface area (Å²) in [5.41, 5.74) is 5.58. The van der Waals surface area contributed by atoms with E-state index >= 15 is 0 Å². The molecule has 1 aromatic rings. The molecule has 1 aliphatic rings. The van der Waals surface area contributed by atoms with E-state index in [1.807, 2.05) is 0 Å². The summed E-state index contributed by atoms with van der Waals surface area (Å²) in [6.07, 6.45) is 4.67. The van der Waals surface area contributed by atoms with Crippen molar-refractivity contribution in [2.24, 2.45) is 0 Å². The number of nitrogens with two attached hydrogens (primary N) is 1. The molecule has 1 aromatic carbocycles. The van der Waals surface area contributed by atoms with Crippen LogP contribution in [-0.4, -0.2) is 27.7 Å². The normalized spacial score (nSPS) is 16.5. The average Bonchev–Trinajstić information content (AvgIpc) is 2.92. The molecule has 0 unspecified atom stereocenters. The van der Waals surface area contributed by atoms with Crippen LogP contribution in [0.5, 0.6) is 0 Å². The maximum atomic E-state index is 13.3. The van der Waals surface area contributed by atoms with Gasteiger partial charge in [0.1, 0.15) is 5.82 Å². The molecule has 0 aromatic heterocycles. The molecular formula is C14H21FN2O3S. The number of nitrogen functional groups attached to an aromatic ring is 1. The zero-order valence-corrected chi connectivity index (χ0v) is 12.9. The van der Waals surface area contributed by atoms with Gasteiger partial charge >= 0.3 is 0 Å². The number of sulfonamides is 1. The van der Waals surface area contributed by atoms with Gasteiger partial charge in [-0.15, -0.1) is 0 Å². The van der Waals surface area contributed by atoms with Crippen LogP contribution in [-0.2, 0) is 14.8 Å². The summed E-state index contributed by atoms with van der Waals surface area (Å²) in [5, 5.41) is 0. The van der Waals surface area contributed by atoms with Gasteiger partial charge in [-0.05, 0) is 37.5 Å². The van der Waals surface area contributed by atoms with Gasteiger partial charge in [0.05, 0.1) is 23.3 Å². The van der Waals surface area contributed by atoms with Gasteiger partial charge in [-0.2, -0.15) is 0 Å². The van der Waals surface area contributed by atoms with Crippen molar-refractivity contribution >= 4 is 15.7 Å². The first-order chi connectivity index (χ1) is 9.90. The van der Waals surface area contributed by atoms with Gasteiger partial charge in [0.2, 0.25) is 10.0 Å². The third-order valence-corrected chi connectivity index (χ3v) is 5.24. The van der Waals surface area contributed by atoms with Gasteiger partial charge in [-0.1, -0.05) is 12.8 Å². The zero-order valence-electron chi connectivity index (χ0n) is 12.1. The van der Waals surface area contributed by atoms with Crippen LogP contribution < -0.4 is 10.5 Å². The fraction of sp³-hybridized carbons (Fsp3) is 0.571. The minimum atomic E-state index is -3.70. The Hall–Kier alpha value is -1.18. The second-order valence-electron chi connectivity index (χ2n) is 5.31. The fourth-order valence-corrected chi connectivity index (χ4v) is 3.76. The minimum absolute atomic E-state index is 0.00210. The van der Waals surface area contributed by atoms with E-state index in [9.17, 15) is 12.8 Å².